The van der Waals surface area contributed by atoms with Gasteiger partial charge in [0, 0.05) is 16.4 Å². The number of carbonyl (C=O) groups is 1. The average Bonchev–Trinajstić information content (AvgIpc) is 2.88. The first-order chi connectivity index (χ1) is 8.36. The second-order valence-corrected chi connectivity index (χ2v) is 4.38. The van der Waals surface area contributed by atoms with Gasteiger partial charge in [-0.05, 0) is 11.6 Å². The van der Waals surface area contributed by atoms with E-state index in [9.17, 15) is 4.79 Å². The first-order valence-corrected chi connectivity index (χ1v) is 5.67. The maximum absolute atomic E-state index is 12.3. The molecular weight excluding hydrogens is 210 g/mol. The van der Waals surface area contributed by atoms with Crippen LogP contribution >= 0.6 is 0 Å². The molecule has 2 aromatic carbocycles. The summed E-state index contributed by atoms with van der Waals surface area (Å²) >= 11 is 0. The molecule has 1 aliphatic heterocycles. The molecular formula is C15H9NO. The van der Waals surface area contributed by atoms with Crippen molar-refractivity contribution in [3.63, 3.8) is 0 Å². The van der Waals surface area contributed by atoms with Crippen LogP contribution in [0.5, 0.6) is 0 Å². The number of fused-ring (bicyclic) bond motifs is 4. The minimum atomic E-state index is -0.0731. The van der Waals surface area contributed by atoms with E-state index in [4.69, 9.17) is 0 Å². The molecule has 0 saturated heterocycles. The average molecular weight is 219 g/mol. The molecule has 2 heteroatoms. The molecule has 2 aromatic rings. The second kappa shape index (κ2) is 2.92. The molecule has 4 rings (SSSR count). The van der Waals surface area contributed by atoms with E-state index >= 15 is 0 Å². The first kappa shape index (κ1) is 8.88. The van der Waals surface area contributed by atoms with E-state index in [2.05, 4.69) is 4.99 Å². The molecule has 1 atom stereocenters. The van der Waals surface area contributed by atoms with E-state index in [0.717, 1.165) is 27.3 Å². The summed E-state index contributed by atoms with van der Waals surface area (Å²) in [5.74, 6) is 0.138. The predicted molar refractivity (Wildman–Crippen MR) is 64.1 cm³/mol. The van der Waals surface area contributed by atoms with Gasteiger partial charge in [-0.25, -0.2) is 0 Å². The lowest BCUT2D eigenvalue weighted by Crippen LogP contribution is -2.23. The van der Waals surface area contributed by atoms with Crippen molar-refractivity contribution >= 4 is 11.4 Å². The molecule has 2 aliphatic rings. The minimum Gasteiger partial charge on any atom is -0.289 e. The molecule has 1 aliphatic carbocycles. The highest BCUT2D eigenvalue weighted by molar-refractivity contribution is 6.30. The van der Waals surface area contributed by atoms with Gasteiger partial charge in [0.1, 0.15) is 6.04 Å². The summed E-state index contributed by atoms with van der Waals surface area (Å²) in [6.07, 6.45) is 0. The van der Waals surface area contributed by atoms with Gasteiger partial charge in [0.2, 0.25) is 0 Å². The third-order valence-electron chi connectivity index (χ3n) is 3.48. The van der Waals surface area contributed by atoms with Gasteiger partial charge in [0.25, 0.3) is 0 Å². The molecule has 0 radical (unpaired) electrons. The summed E-state index contributed by atoms with van der Waals surface area (Å²) in [5, 5.41) is 1.94. The topological polar surface area (TPSA) is 29.4 Å². The molecule has 0 saturated carbocycles. The van der Waals surface area contributed by atoms with Gasteiger partial charge in [-0.2, -0.15) is 0 Å². The maximum atomic E-state index is 12.3. The van der Waals surface area contributed by atoms with Crippen molar-refractivity contribution in [2.24, 2.45) is 4.99 Å². The molecule has 0 fully saturated rings. The maximum Gasteiger partial charge on any atom is 0.192 e. The monoisotopic (exact) mass is 219 g/mol. The van der Waals surface area contributed by atoms with Crippen LogP contribution in [0.3, 0.4) is 0 Å². The Kier molecular flexibility index (Phi) is 1.52. The minimum absolute atomic E-state index is 0.0731. The van der Waals surface area contributed by atoms with E-state index in [0.29, 0.717) is 0 Å². The molecule has 0 bridgehead atoms. The summed E-state index contributed by atoms with van der Waals surface area (Å²) in [6, 6.07) is 15.6. The number of Topliss-reactive ketones (excluding diaryl/α,β-unsaturated/α-hetero) is 1. The molecule has 0 aromatic heterocycles. The summed E-state index contributed by atoms with van der Waals surface area (Å²) in [6.45, 7) is 0. The van der Waals surface area contributed by atoms with Crippen LogP contribution in [-0.4, -0.2) is 5.78 Å². The van der Waals surface area contributed by atoms with Crippen LogP contribution in [0.25, 0.3) is 5.57 Å². The van der Waals surface area contributed by atoms with E-state index in [1.165, 1.54) is 0 Å². The Morgan fingerprint density at radius 2 is 1.71 bits per heavy atom. The number of carbonyl (C=O) groups excluding carboxylic acids is 1. The molecule has 1 heterocycles. The van der Waals surface area contributed by atoms with Crippen molar-refractivity contribution in [3.05, 3.63) is 70.2 Å². The van der Waals surface area contributed by atoms with Crippen LogP contribution in [0.1, 0.15) is 22.0 Å². The Morgan fingerprint density at radius 3 is 2.65 bits per heavy atom. The van der Waals surface area contributed by atoms with E-state index in [1.54, 1.807) is 0 Å². The first-order valence-electron chi connectivity index (χ1n) is 5.67. The van der Waals surface area contributed by atoms with Crippen LogP contribution < -0.4 is 10.6 Å². The molecule has 0 N–H and O–H groups in total. The molecule has 0 amide bonds. The fourth-order valence-electron chi connectivity index (χ4n) is 2.72. The highest BCUT2D eigenvalue weighted by Crippen LogP contribution is 2.39. The van der Waals surface area contributed by atoms with E-state index in [-0.39, 0.29) is 11.8 Å². The number of ketones is 1. The Morgan fingerprint density at radius 1 is 0.941 bits per heavy atom. The van der Waals surface area contributed by atoms with Gasteiger partial charge >= 0.3 is 0 Å². The zero-order valence-electron chi connectivity index (χ0n) is 9.05. The third kappa shape index (κ3) is 0.998. The van der Waals surface area contributed by atoms with Crippen molar-refractivity contribution < 1.29 is 4.79 Å². The highest BCUT2D eigenvalue weighted by atomic mass is 16.1. The Hall–Kier alpha value is -2.22. The number of para-hydroxylation sites is 1. The van der Waals surface area contributed by atoms with Gasteiger partial charge in [-0.1, -0.05) is 42.5 Å². The SMILES string of the molecule is O=C1C2=c3ccccc3=NC2c2ccccc21. The number of hydrogen-bond donors (Lipinski definition) is 0. The van der Waals surface area contributed by atoms with E-state index < -0.39 is 0 Å². The number of benzene rings is 2. The van der Waals surface area contributed by atoms with Crippen molar-refractivity contribution in [1.82, 2.24) is 0 Å². The van der Waals surface area contributed by atoms with Gasteiger partial charge < -0.3 is 0 Å². The fraction of sp³-hybridized carbons (Fsp3) is 0.0667. The van der Waals surface area contributed by atoms with Crippen molar-refractivity contribution in [3.8, 4) is 0 Å². The molecule has 80 valence electrons. The normalized spacial score (nSPS) is 19.6. The van der Waals surface area contributed by atoms with E-state index in [1.807, 2.05) is 48.5 Å². The quantitative estimate of drug-likeness (QED) is 0.658. The van der Waals surface area contributed by atoms with Crippen LogP contribution in [0.2, 0.25) is 0 Å². The number of hydrogen-bond acceptors (Lipinski definition) is 2. The van der Waals surface area contributed by atoms with Gasteiger partial charge in [0.15, 0.2) is 5.78 Å². The van der Waals surface area contributed by atoms with Crippen molar-refractivity contribution in [2.75, 3.05) is 0 Å². The Balaban J connectivity index is 2.15. The Bertz CT molecular complexity index is 774. The highest BCUT2D eigenvalue weighted by Gasteiger charge is 2.36. The molecule has 17 heavy (non-hydrogen) atoms. The molecule has 0 spiro atoms. The van der Waals surface area contributed by atoms with Crippen LogP contribution in [0, 0.1) is 0 Å². The van der Waals surface area contributed by atoms with Crippen LogP contribution in [0.15, 0.2) is 53.5 Å². The second-order valence-electron chi connectivity index (χ2n) is 4.38. The summed E-state index contributed by atoms with van der Waals surface area (Å²) in [5.41, 5.74) is 2.70. The molecule has 1 unspecified atom stereocenters. The third-order valence-corrected chi connectivity index (χ3v) is 3.48. The van der Waals surface area contributed by atoms with Crippen molar-refractivity contribution in [1.29, 1.82) is 0 Å². The smallest absolute Gasteiger partial charge is 0.192 e. The summed E-state index contributed by atoms with van der Waals surface area (Å²) in [4.78, 5) is 17.0. The zero-order valence-corrected chi connectivity index (χ0v) is 9.05. The zero-order chi connectivity index (χ0) is 11.4. The summed E-state index contributed by atoms with van der Waals surface area (Å²) < 4.78 is 0. The largest absolute Gasteiger partial charge is 0.289 e. The Labute approximate surface area is 97.9 Å². The predicted octanol–water partition coefficient (Wildman–Crippen LogP) is 1.41. The van der Waals surface area contributed by atoms with Gasteiger partial charge in [0.05, 0.1) is 5.36 Å². The van der Waals surface area contributed by atoms with Gasteiger partial charge in [-0.15, -0.1) is 0 Å². The van der Waals surface area contributed by atoms with Crippen LogP contribution in [0.4, 0.5) is 0 Å². The lowest BCUT2D eigenvalue weighted by atomic mass is 10.1. The number of nitrogens with zero attached hydrogens (tertiary/aromatic N) is 1. The van der Waals surface area contributed by atoms with Crippen LogP contribution in [-0.2, 0) is 0 Å². The lowest BCUT2D eigenvalue weighted by molar-refractivity contribution is 0.105. The standard InChI is InChI=1S/C15H9NO/c17-15-10-6-2-1-5-9(10)14-13(15)11-7-3-4-8-12(11)16-14/h1-8,14H. The van der Waals surface area contributed by atoms with Gasteiger partial charge in [-0.3, -0.25) is 9.79 Å². The van der Waals surface area contributed by atoms with Crippen molar-refractivity contribution in [2.45, 2.75) is 6.04 Å². The lowest BCUT2D eigenvalue weighted by Gasteiger charge is -2.01. The summed E-state index contributed by atoms with van der Waals surface area (Å²) in [7, 11) is 0. The number of rotatable bonds is 0. The molecule has 2 nitrogen and oxygen atoms in total. The fourth-order valence-corrected chi connectivity index (χ4v) is 2.72.